The molecule has 2 aromatic carbocycles. The Balaban J connectivity index is 1.25. The lowest BCUT2D eigenvalue weighted by Crippen LogP contribution is -2.17. The van der Waals surface area contributed by atoms with E-state index in [1.807, 2.05) is 18.3 Å². The van der Waals surface area contributed by atoms with Crippen LogP contribution in [-0.4, -0.2) is 10.8 Å². The third-order valence-electron chi connectivity index (χ3n) is 7.12. The van der Waals surface area contributed by atoms with E-state index in [0.717, 1.165) is 48.6 Å². The van der Waals surface area contributed by atoms with E-state index in [-0.39, 0.29) is 11.6 Å². The largest absolute Gasteiger partial charge is 0.294 e. The van der Waals surface area contributed by atoms with Crippen LogP contribution in [0.15, 0.2) is 54.7 Å². The number of carbonyl (C=O) groups excluding carboxylic acids is 1. The van der Waals surface area contributed by atoms with Crippen LogP contribution in [0.2, 0.25) is 5.02 Å². The van der Waals surface area contributed by atoms with E-state index in [1.165, 1.54) is 11.6 Å². The topological polar surface area (TPSA) is 30.0 Å². The fourth-order valence-corrected chi connectivity index (χ4v) is 5.44. The maximum absolute atomic E-state index is 13.8. The Hall–Kier alpha value is -2.26. The summed E-state index contributed by atoms with van der Waals surface area (Å²) in [6.45, 7) is 0. The van der Waals surface area contributed by atoms with Gasteiger partial charge < -0.3 is 0 Å². The van der Waals surface area contributed by atoms with Gasteiger partial charge in [0, 0.05) is 28.6 Å². The van der Waals surface area contributed by atoms with Gasteiger partial charge in [-0.1, -0.05) is 11.6 Å². The van der Waals surface area contributed by atoms with Crippen LogP contribution in [0, 0.1) is 17.2 Å². The van der Waals surface area contributed by atoms with Crippen LogP contribution in [0.4, 0.5) is 4.39 Å². The smallest absolute Gasteiger partial charge is 0.163 e. The molecule has 2 aliphatic carbocycles. The van der Waals surface area contributed by atoms with E-state index in [0.29, 0.717) is 28.7 Å². The van der Waals surface area contributed by atoms with Crippen LogP contribution in [0.3, 0.4) is 0 Å². The average Bonchev–Trinajstić information content (AvgIpc) is 3.39. The fraction of sp³-hybridized carbons (Fsp3) is 0.360. The number of rotatable bonds is 4. The van der Waals surface area contributed by atoms with Crippen LogP contribution < -0.4 is 0 Å². The lowest BCUT2D eigenvalue weighted by atomic mass is 9.74. The van der Waals surface area contributed by atoms with Gasteiger partial charge in [0.15, 0.2) is 5.78 Å². The van der Waals surface area contributed by atoms with Crippen molar-refractivity contribution < 1.29 is 9.18 Å². The molecule has 2 saturated carbocycles. The van der Waals surface area contributed by atoms with Crippen molar-refractivity contribution in [2.45, 2.75) is 44.4 Å². The van der Waals surface area contributed by atoms with Crippen molar-refractivity contribution in [1.29, 1.82) is 0 Å². The molecular formula is C25H23ClFNO. The van der Waals surface area contributed by atoms with Crippen molar-refractivity contribution in [3.05, 3.63) is 76.7 Å². The highest BCUT2D eigenvalue weighted by Gasteiger charge is 2.55. The van der Waals surface area contributed by atoms with Crippen LogP contribution >= 0.6 is 11.6 Å². The Morgan fingerprint density at radius 3 is 2.62 bits per heavy atom. The second-order valence-corrected chi connectivity index (χ2v) is 9.17. The molecule has 1 heterocycles. The molecule has 0 bridgehead atoms. The normalized spacial score (nSPS) is 26.0. The molecule has 0 amide bonds. The van der Waals surface area contributed by atoms with E-state index >= 15 is 0 Å². The van der Waals surface area contributed by atoms with Gasteiger partial charge in [-0.15, -0.1) is 0 Å². The molecule has 0 aliphatic heterocycles. The highest BCUT2D eigenvalue weighted by atomic mass is 35.5. The molecule has 5 rings (SSSR count). The zero-order valence-corrected chi connectivity index (χ0v) is 17.0. The number of hydrogen-bond acceptors (Lipinski definition) is 2. The number of pyridine rings is 1. The van der Waals surface area contributed by atoms with Gasteiger partial charge in [0.2, 0.25) is 0 Å². The summed E-state index contributed by atoms with van der Waals surface area (Å²) in [4.78, 5) is 17.0. The van der Waals surface area contributed by atoms with Gasteiger partial charge in [-0.3, -0.25) is 9.78 Å². The average molecular weight is 408 g/mol. The van der Waals surface area contributed by atoms with Crippen LogP contribution in [0.25, 0.3) is 10.9 Å². The Morgan fingerprint density at radius 2 is 1.86 bits per heavy atom. The van der Waals surface area contributed by atoms with E-state index in [9.17, 15) is 9.18 Å². The molecule has 2 nitrogen and oxygen atoms in total. The number of benzene rings is 2. The molecule has 0 radical (unpaired) electrons. The van der Waals surface area contributed by atoms with Crippen LogP contribution in [-0.2, 0) is 0 Å². The molecular weight excluding hydrogens is 385 g/mol. The van der Waals surface area contributed by atoms with E-state index < -0.39 is 0 Å². The molecule has 1 aromatic heterocycles. The maximum atomic E-state index is 13.8. The fourth-order valence-electron chi connectivity index (χ4n) is 5.31. The zero-order valence-electron chi connectivity index (χ0n) is 16.2. The van der Waals surface area contributed by atoms with E-state index in [4.69, 9.17) is 11.6 Å². The van der Waals surface area contributed by atoms with Crippen molar-refractivity contribution >= 4 is 28.3 Å². The second-order valence-electron chi connectivity index (χ2n) is 8.73. The summed E-state index contributed by atoms with van der Waals surface area (Å²) in [5, 5.41) is 1.60. The van der Waals surface area contributed by atoms with Crippen molar-refractivity contribution in [2.75, 3.05) is 0 Å². The van der Waals surface area contributed by atoms with Crippen molar-refractivity contribution in [2.24, 2.45) is 11.3 Å². The van der Waals surface area contributed by atoms with E-state index in [1.54, 1.807) is 24.3 Å². The number of halogens is 2. The summed E-state index contributed by atoms with van der Waals surface area (Å²) in [5.41, 5.74) is 3.18. The predicted molar refractivity (Wildman–Crippen MR) is 114 cm³/mol. The third kappa shape index (κ3) is 3.57. The summed E-state index contributed by atoms with van der Waals surface area (Å²) in [5.74, 6) is 0.961. The predicted octanol–water partition coefficient (Wildman–Crippen LogP) is 6.96. The zero-order chi connectivity index (χ0) is 20.0. The SMILES string of the molecule is O=C(C[C@H]1CC12CCC(c1ccnc3ccc(F)cc13)CC2)c1ccc(Cl)cc1. The minimum atomic E-state index is -0.206. The first-order chi connectivity index (χ1) is 14.0. The van der Waals surface area contributed by atoms with Crippen LogP contribution in [0.1, 0.15) is 60.4 Å². The van der Waals surface area contributed by atoms with Gasteiger partial charge in [0.25, 0.3) is 0 Å². The second kappa shape index (κ2) is 7.21. The van der Waals surface area contributed by atoms with Crippen molar-refractivity contribution in [3.8, 4) is 0 Å². The number of fused-ring (bicyclic) bond motifs is 1. The Labute approximate surface area is 175 Å². The molecule has 3 aromatic rings. The highest BCUT2D eigenvalue weighted by molar-refractivity contribution is 6.30. The van der Waals surface area contributed by atoms with E-state index in [2.05, 4.69) is 11.1 Å². The number of hydrogen-bond donors (Lipinski definition) is 0. The maximum Gasteiger partial charge on any atom is 0.163 e. The monoisotopic (exact) mass is 407 g/mol. The van der Waals surface area contributed by atoms with Gasteiger partial charge in [0.05, 0.1) is 5.52 Å². The minimum Gasteiger partial charge on any atom is -0.294 e. The number of aromatic nitrogens is 1. The van der Waals surface area contributed by atoms with Gasteiger partial charge in [0.1, 0.15) is 5.82 Å². The molecule has 0 unspecified atom stereocenters. The Bertz CT molecular complexity index is 1070. The summed E-state index contributed by atoms with van der Waals surface area (Å²) < 4.78 is 13.8. The molecule has 29 heavy (non-hydrogen) atoms. The molecule has 0 N–H and O–H groups in total. The molecule has 2 aliphatic rings. The first kappa shape index (κ1) is 18.7. The number of Topliss-reactive ketones (excluding diaryl/α,β-unsaturated/α-hetero) is 1. The molecule has 0 saturated heterocycles. The lowest BCUT2D eigenvalue weighted by molar-refractivity contribution is 0.0966. The number of carbonyl (C=O) groups is 1. The first-order valence-electron chi connectivity index (χ1n) is 10.4. The first-order valence-corrected chi connectivity index (χ1v) is 10.7. The van der Waals surface area contributed by atoms with Gasteiger partial charge in [-0.25, -0.2) is 4.39 Å². The van der Waals surface area contributed by atoms with Crippen molar-refractivity contribution in [1.82, 2.24) is 4.98 Å². The minimum absolute atomic E-state index is 0.206. The quantitative estimate of drug-likeness (QED) is 0.437. The summed E-state index contributed by atoms with van der Waals surface area (Å²) in [7, 11) is 0. The number of nitrogens with zero attached hydrogens (tertiary/aromatic N) is 1. The van der Waals surface area contributed by atoms with Gasteiger partial charge >= 0.3 is 0 Å². The lowest BCUT2D eigenvalue weighted by Gasteiger charge is -2.30. The van der Waals surface area contributed by atoms with Crippen LogP contribution in [0.5, 0.6) is 0 Å². The van der Waals surface area contributed by atoms with Gasteiger partial charge in [-0.2, -0.15) is 0 Å². The molecule has 4 heteroatoms. The highest BCUT2D eigenvalue weighted by Crippen LogP contribution is 2.64. The summed E-state index contributed by atoms with van der Waals surface area (Å²) >= 11 is 5.92. The summed E-state index contributed by atoms with van der Waals surface area (Å²) in [6, 6.07) is 14.1. The standard InChI is InChI=1S/C25H23ClFNO/c26-19-3-1-17(2-4-19)24(29)13-18-15-25(18)10-7-16(8-11-25)21-9-12-28-23-6-5-20(27)14-22(21)23/h1-6,9,12,14,16,18H,7-8,10-11,13,15H2/t16?,18-,25?/m0/s1. The number of ketones is 1. The molecule has 2 fully saturated rings. The Kier molecular flexibility index (Phi) is 4.66. The van der Waals surface area contributed by atoms with Gasteiger partial charge in [-0.05, 0) is 103 Å². The third-order valence-corrected chi connectivity index (χ3v) is 7.37. The molecule has 1 atom stereocenters. The Morgan fingerprint density at radius 1 is 1.10 bits per heavy atom. The van der Waals surface area contributed by atoms with Crippen molar-refractivity contribution in [3.63, 3.8) is 0 Å². The summed E-state index contributed by atoms with van der Waals surface area (Å²) in [6.07, 6.45) is 8.12. The molecule has 1 spiro atoms. The molecule has 148 valence electrons.